The number of nitrogens with one attached hydrogen (secondary N) is 1. The average molecular weight is 414 g/mol. The highest BCUT2D eigenvalue weighted by molar-refractivity contribution is 7.99. The summed E-state index contributed by atoms with van der Waals surface area (Å²) >= 11 is 1.23. The number of hydrogen-bond donors (Lipinski definition) is 1. The molecule has 1 amide bonds. The fourth-order valence-electron chi connectivity index (χ4n) is 4.60. The van der Waals surface area contributed by atoms with Crippen LogP contribution in [0.15, 0.2) is 23.4 Å². The van der Waals surface area contributed by atoms with Gasteiger partial charge < -0.3 is 5.32 Å². The molecule has 29 heavy (non-hydrogen) atoms. The van der Waals surface area contributed by atoms with E-state index in [0.29, 0.717) is 16.8 Å². The van der Waals surface area contributed by atoms with Crippen LogP contribution in [0.4, 0.5) is 11.4 Å². The molecule has 152 valence electrons. The fraction of sp³-hybridized carbons (Fsp3) is 0.500. The summed E-state index contributed by atoms with van der Waals surface area (Å²) in [5.41, 5.74) is 3.25. The van der Waals surface area contributed by atoms with Crippen molar-refractivity contribution in [3.05, 3.63) is 45.3 Å². The molecule has 0 aliphatic heterocycles. The van der Waals surface area contributed by atoms with Gasteiger partial charge in [0.15, 0.2) is 0 Å². The predicted octanol–water partition coefficient (Wildman–Crippen LogP) is 3.99. The number of nitro benzene ring substituents is 1. The minimum atomic E-state index is -0.482. The van der Waals surface area contributed by atoms with Gasteiger partial charge in [-0.3, -0.25) is 14.9 Å². The Balaban J connectivity index is 1.46. The van der Waals surface area contributed by atoms with Crippen molar-refractivity contribution in [3.63, 3.8) is 0 Å². The number of anilines is 1. The van der Waals surface area contributed by atoms with Crippen LogP contribution < -0.4 is 5.32 Å². The Labute approximate surface area is 173 Å². The van der Waals surface area contributed by atoms with Gasteiger partial charge in [0.1, 0.15) is 0 Å². The SMILES string of the molecule is Cc1ccc([N+](=O)[O-])cc1NC(=O)CSc1nnc2c(n1)[C@@]1(C)CC[C@@H]2C1(C)C. The highest BCUT2D eigenvalue weighted by Gasteiger charge is 2.61. The van der Waals surface area contributed by atoms with Crippen molar-refractivity contribution in [2.75, 3.05) is 11.1 Å². The Bertz CT molecular complexity index is 1030. The molecule has 8 nitrogen and oxygen atoms in total. The lowest BCUT2D eigenvalue weighted by atomic mass is 9.70. The minimum absolute atomic E-state index is 0.0133. The van der Waals surface area contributed by atoms with Gasteiger partial charge in [-0.05, 0) is 30.7 Å². The van der Waals surface area contributed by atoms with E-state index in [4.69, 9.17) is 4.98 Å². The summed E-state index contributed by atoms with van der Waals surface area (Å²) in [6, 6.07) is 4.40. The summed E-state index contributed by atoms with van der Waals surface area (Å²) in [5, 5.41) is 22.8. The second-order valence-electron chi connectivity index (χ2n) is 8.57. The topological polar surface area (TPSA) is 111 Å². The van der Waals surface area contributed by atoms with Gasteiger partial charge in [-0.15, -0.1) is 5.10 Å². The summed E-state index contributed by atoms with van der Waals surface area (Å²) in [5.74, 6) is 0.226. The number of amides is 1. The number of aryl methyl sites for hydroxylation is 1. The number of carbonyl (C=O) groups is 1. The van der Waals surface area contributed by atoms with Crippen molar-refractivity contribution < 1.29 is 9.72 Å². The smallest absolute Gasteiger partial charge is 0.271 e. The minimum Gasteiger partial charge on any atom is -0.325 e. The Kier molecular flexibility index (Phi) is 4.60. The molecule has 1 saturated carbocycles. The number of carbonyl (C=O) groups excluding carboxylic acids is 1. The van der Waals surface area contributed by atoms with Gasteiger partial charge in [0.25, 0.3) is 5.69 Å². The van der Waals surface area contributed by atoms with E-state index in [1.54, 1.807) is 13.0 Å². The first-order valence-electron chi connectivity index (χ1n) is 9.56. The van der Waals surface area contributed by atoms with E-state index in [-0.39, 0.29) is 28.2 Å². The van der Waals surface area contributed by atoms with Crippen LogP contribution in [0.25, 0.3) is 0 Å². The van der Waals surface area contributed by atoms with Crippen LogP contribution in [0, 0.1) is 22.5 Å². The lowest BCUT2D eigenvalue weighted by Crippen LogP contribution is -2.32. The number of nitro groups is 1. The van der Waals surface area contributed by atoms with Crippen molar-refractivity contribution in [1.29, 1.82) is 0 Å². The van der Waals surface area contributed by atoms with Gasteiger partial charge in [0.05, 0.1) is 27.8 Å². The average Bonchev–Trinajstić information content (AvgIpc) is 3.00. The van der Waals surface area contributed by atoms with Crippen molar-refractivity contribution in [2.24, 2.45) is 5.41 Å². The lowest BCUT2D eigenvalue weighted by molar-refractivity contribution is -0.384. The maximum atomic E-state index is 12.4. The molecule has 2 aromatic rings. The first-order chi connectivity index (χ1) is 13.6. The van der Waals surface area contributed by atoms with Crippen LogP contribution >= 0.6 is 11.8 Å². The molecule has 4 rings (SSSR count). The molecule has 2 atom stereocenters. The van der Waals surface area contributed by atoms with E-state index < -0.39 is 4.92 Å². The fourth-order valence-corrected chi connectivity index (χ4v) is 5.19. The first kappa shape index (κ1) is 19.8. The van der Waals surface area contributed by atoms with Gasteiger partial charge in [-0.2, -0.15) is 5.10 Å². The third-order valence-corrected chi connectivity index (χ3v) is 7.65. The standard InChI is InChI=1S/C20H23N5O3S/c1-11-5-6-12(25(27)28)9-14(11)21-15(26)10-29-18-22-17-16(23-24-18)13-7-8-20(17,4)19(13,2)3/h5-6,9,13H,7-8,10H2,1-4H3,(H,21,26)/t13-,20+/m0/s1. The van der Waals surface area contributed by atoms with Gasteiger partial charge in [-0.1, -0.05) is 38.6 Å². The number of rotatable bonds is 5. The van der Waals surface area contributed by atoms with Crippen LogP contribution in [0.5, 0.6) is 0 Å². The summed E-state index contributed by atoms with van der Waals surface area (Å²) in [6.07, 6.45) is 2.21. The highest BCUT2D eigenvalue weighted by atomic mass is 32.2. The molecule has 1 fully saturated rings. The largest absolute Gasteiger partial charge is 0.325 e. The number of non-ortho nitro benzene ring substituents is 1. The zero-order chi connectivity index (χ0) is 21.0. The van der Waals surface area contributed by atoms with Gasteiger partial charge in [-0.25, -0.2) is 4.98 Å². The van der Waals surface area contributed by atoms with Crippen LogP contribution in [-0.4, -0.2) is 31.8 Å². The molecule has 2 aliphatic rings. The predicted molar refractivity (Wildman–Crippen MR) is 110 cm³/mol. The maximum Gasteiger partial charge on any atom is 0.271 e. The molecular formula is C20H23N5O3S. The van der Waals surface area contributed by atoms with Crippen molar-refractivity contribution >= 4 is 29.0 Å². The number of hydrogen-bond acceptors (Lipinski definition) is 7. The van der Waals surface area contributed by atoms with Gasteiger partial charge in [0.2, 0.25) is 11.1 Å². The number of benzene rings is 1. The molecule has 2 bridgehead atoms. The molecule has 1 aromatic heterocycles. The van der Waals surface area contributed by atoms with Crippen LogP contribution in [0.2, 0.25) is 0 Å². The van der Waals surface area contributed by atoms with E-state index in [9.17, 15) is 14.9 Å². The molecule has 0 radical (unpaired) electrons. The second-order valence-corrected chi connectivity index (χ2v) is 9.51. The van der Waals surface area contributed by atoms with Crippen LogP contribution in [0.1, 0.15) is 56.5 Å². The summed E-state index contributed by atoms with van der Waals surface area (Å²) in [4.78, 5) is 27.6. The second kappa shape index (κ2) is 6.76. The molecule has 2 aliphatic carbocycles. The van der Waals surface area contributed by atoms with E-state index >= 15 is 0 Å². The number of fused-ring (bicyclic) bond motifs is 5. The van der Waals surface area contributed by atoms with Gasteiger partial charge >= 0.3 is 0 Å². The third-order valence-electron chi connectivity index (χ3n) is 6.81. The normalized spacial score (nSPS) is 23.7. The van der Waals surface area contributed by atoms with Crippen molar-refractivity contribution in [1.82, 2.24) is 15.2 Å². The van der Waals surface area contributed by atoms with Crippen molar-refractivity contribution in [3.8, 4) is 0 Å². The Hall–Kier alpha value is -2.55. The Morgan fingerprint density at radius 1 is 1.34 bits per heavy atom. The van der Waals surface area contributed by atoms with Gasteiger partial charge in [0, 0.05) is 23.5 Å². The van der Waals surface area contributed by atoms with E-state index in [1.807, 2.05) is 0 Å². The van der Waals surface area contributed by atoms with Crippen LogP contribution in [0.3, 0.4) is 0 Å². The van der Waals surface area contributed by atoms with E-state index in [0.717, 1.165) is 29.8 Å². The summed E-state index contributed by atoms with van der Waals surface area (Å²) in [6.45, 7) is 8.59. The third kappa shape index (κ3) is 3.08. The molecule has 0 spiro atoms. The molecule has 0 unspecified atom stereocenters. The van der Waals surface area contributed by atoms with Crippen molar-refractivity contribution in [2.45, 2.75) is 57.0 Å². The molecule has 1 N–H and O–H groups in total. The Morgan fingerprint density at radius 3 is 2.83 bits per heavy atom. The molecule has 1 heterocycles. The molecular weight excluding hydrogens is 390 g/mol. The molecule has 1 aromatic carbocycles. The van der Waals surface area contributed by atoms with E-state index in [1.165, 1.54) is 23.9 Å². The lowest BCUT2D eigenvalue weighted by Gasteiger charge is -2.33. The van der Waals surface area contributed by atoms with Crippen LogP contribution in [-0.2, 0) is 10.2 Å². The Morgan fingerprint density at radius 2 is 2.10 bits per heavy atom. The maximum absolute atomic E-state index is 12.4. The first-order valence-corrected chi connectivity index (χ1v) is 10.5. The molecule has 9 heteroatoms. The monoisotopic (exact) mass is 413 g/mol. The number of nitrogens with zero attached hydrogens (tertiary/aromatic N) is 4. The molecule has 0 saturated heterocycles. The van der Waals surface area contributed by atoms with E-state index in [2.05, 4.69) is 36.3 Å². The zero-order valence-electron chi connectivity index (χ0n) is 16.9. The summed E-state index contributed by atoms with van der Waals surface area (Å²) in [7, 11) is 0. The highest BCUT2D eigenvalue weighted by Crippen LogP contribution is 2.66. The number of thioether (sulfide) groups is 1. The quantitative estimate of drug-likeness (QED) is 0.448. The summed E-state index contributed by atoms with van der Waals surface area (Å²) < 4.78 is 0. The zero-order valence-corrected chi connectivity index (χ0v) is 17.7. The number of aromatic nitrogens is 3.